The van der Waals surface area contributed by atoms with Gasteiger partial charge in [-0.1, -0.05) is 23.8 Å². The minimum Gasteiger partial charge on any atom is -0.312 e. The van der Waals surface area contributed by atoms with Crippen LogP contribution in [0.4, 0.5) is 0 Å². The van der Waals surface area contributed by atoms with Gasteiger partial charge in [-0.3, -0.25) is 9.69 Å². The van der Waals surface area contributed by atoms with Crippen LogP contribution in [0.5, 0.6) is 0 Å². The molecule has 5 aliphatic heterocycles. The highest BCUT2D eigenvalue weighted by Crippen LogP contribution is 2.39. The molecule has 35 heavy (non-hydrogen) atoms. The van der Waals surface area contributed by atoms with E-state index in [-0.39, 0.29) is 11.6 Å². The highest BCUT2D eigenvalue weighted by Gasteiger charge is 2.42. The Morgan fingerprint density at radius 1 is 1.00 bits per heavy atom. The van der Waals surface area contributed by atoms with E-state index in [1.807, 2.05) is 29.7 Å². The fraction of sp³-hybridized carbons (Fsp3) is 0.593. The van der Waals surface area contributed by atoms with Gasteiger partial charge in [0.2, 0.25) is 10.0 Å². The second-order valence-electron chi connectivity index (χ2n) is 11.3. The number of benzene rings is 1. The van der Waals surface area contributed by atoms with E-state index >= 15 is 0 Å². The summed E-state index contributed by atoms with van der Waals surface area (Å²) in [6, 6.07) is 13.1. The summed E-state index contributed by atoms with van der Waals surface area (Å²) in [6.45, 7) is 8.67. The summed E-state index contributed by atoms with van der Waals surface area (Å²) in [6.07, 6.45) is 3.48. The van der Waals surface area contributed by atoms with Gasteiger partial charge in [0.25, 0.3) is 5.56 Å². The summed E-state index contributed by atoms with van der Waals surface area (Å²) in [5.41, 5.74) is 2.42. The fourth-order valence-corrected chi connectivity index (χ4v) is 8.22. The fourth-order valence-electron chi connectivity index (χ4n) is 7.15. The molecule has 8 heteroatoms. The molecule has 5 aliphatic rings. The molecular weight excluding hydrogens is 460 g/mol. The molecule has 6 heterocycles. The van der Waals surface area contributed by atoms with Crippen molar-refractivity contribution in [3.05, 3.63) is 64.1 Å². The summed E-state index contributed by atoms with van der Waals surface area (Å²) in [4.78, 5) is 17.8. The Morgan fingerprint density at radius 3 is 2.60 bits per heavy atom. The van der Waals surface area contributed by atoms with Gasteiger partial charge < -0.3 is 9.47 Å². The number of likely N-dealkylation sites (tertiary alicyclic amines) is 1. The first-order valence-corrected chi connectivity index (χ1v) is 14.6. The van der Waals surface area contributed by atoms with E-state index in [4.69, 9.17) is 0 Å². The lowest BCUT2D eigenvalue weighted by atomic mass is 9.74. The molecule has 0 amide bonds. The molecule has 188 valence electrons. The van der Waals surface area contributed by atoms with Crippen molar-refractivity contribution in [2.45, 2.75) is 49.6 Å². The molecule has 1 aromatic carbocycles. The number of piperidine rings is 4. The first kappa shape index (κ1) is 23.4. The molecule has 0 spiro atoms. The van der Waals surface area contributed by atoms with Crippen LogP contribution in [0.3, 0.4) is 0 Å². The molecule has 4 fully saturated rings. The largest absolute Gasteiger partial charge is 0.312 e. The molecular formula is C27H36N4O3S. The summed E-state index contributed by atoms with van der Waals surface area (Å²) in [5, 5.41) is 0. The number of hydrogen-bond acceptors (Lipinski definition) is 5. The Balaban J connectivity index is 1.06. The van der Waals surface area contributed by atoms with Gasteiger partial charge in [-0.05, 0) is 68.7 Å². The van der Waals surface area contributed by atoms with Crippen molar-refractivity contribution in [1.82, 2.24) is 19.1 Å². The highest BCUT2D eigenvalue weighted by atomic mass is 32.2. The third-order valence-electron chi connectivity index (χ3n) is 8.90. The van der Waals surface area contributed by atoms with E-state index in [9.17, 15) is 13.2 Å². The van der Waals surface area contributed by atoms with Crippen LogP contribution < -0.4 is 10.3 Å². The van der Waals surface area contributed by atoms with Gasteiger partial charge in [0.05, 0.1) is 4.90 Å². The Labute approximate surface area is 208 Å². The van der Waals surface area contributed by atoms with Crippen LogP contribution in [0, 0.1) is 24.7 Å². The number of rotatable bonds is 6. The van der Waals surface area contributed by atoms with Crippen LogP contribution >= 0.6 is 0 Å². The normalized spacial score (nSPS) is 32.4. The lowest BCUT2D eigenvalue weighted by molar-refractivity contribution is -0.0187. The zero-order valence-corrected chi connectivity index (χ0v) is 21.3. The van der Waals surface area contributed by atoms with Crippen molar-refractivity contribution in [1.29, 1.82) is 0 Å². The smallest absolute Gasteiger partial charge is 0.250 e. The molecule has 1 unspecified atom stereocenters. The SMILES string of the molecule is Cc1ccc(S(=O)(=O)NC[C@H]2C[C@@H]3CCN2C[C@@H]3CN2C[C@@H]3C[C@H](C2)c2cccc(=O)n2C3)cc1. The Kier molecular flexibility index (Phi) is 6.11. The van der Waals surface area contributed by atoms with Gasteiger partial charge in [0.15, 0.2) is 0 Å². The van der Waals surface area contributed by atoms with E-state index in [2.05, 4.69) is 20.6 Å². The van der Waals surface area contributed by atoms with Crippen LogP contribution in [0.2, 0.25) is 0 Å². The second kappa shape index (κ2) is 9.14. The molecule has 0 aliphatic carbocycles. The first-order chi connectivity index (χ1) is 16.9. The summed E-state index contributed by atoms with van der Waals surface area (Å²) in [5.74, 6) is 2.32. The first-order valence-electron chi connectivity index (χ1n) is 13.1. The van der Waals surface area contributed by atoms with Crippen molar-refractivity contribution in [3.63, 3.8) is 0 Å². The monoisotopic (exact) mass is 496 g/mol. The minimum atomic E-state index is -3.47. The summed E-state index contributed by atoms with van der Waals surface area (Å²) in [7, 11) is -3.47. The summed E-state index contributed by atoms with van der Waals surface area (Å²) >= 11 is 0. The van der Waals surface area contributed by atoms with E-state index in [0.29, 0.717) is 35.1 Å². The molecule has 7 nitrogen and oxygen atoms in total. The zero-order valence-electron chi connectivity index (χ0n) is 20.5. The highest BCUT2D eigenvalue weighted by molar-refractivity contribution is 7.89. The molecule has 6 atom stereocenters. The standard InChI is InChI=1S/C27H36N4O3S/c1-19-5-7-25(8-6-19)35(33,34)28-13-24-12-21-9-10-30(24)18-23(21)17-29-14-20-11-22(16-29)26-3-2-4-27(32)31(26)15-20/h2-8,20-24,28H,9-18H2,1H3/t20-,21-,22+,23-,24+/m0/s1. The number of aromatic nitrogens is 1. The molecule has 4 saturated heterocycles. The van der Waals surface area contributed by atoms with Gasteiger partial charge in [0.1, 0.15) is 0 Å². The minimum absolute atomic E-state index is 0.145. The number of nitrogens with one attached hydrogen (secondary N) is 1. The number of sulfonamides is 1. The number of hydrogen-bond donors (Lipinski definition) is 1. The van der Waals surface area contributed by atoms with Gasteiger partial charge >= 0.3 is 0 Å². The number of fused-ring (bicyclic) bond motifs is 7. The maximum atomic E-state index is 12.8. The van der Waals surface area contributed by atoms with Crippen molar-refractivity contribution < 1.29 is 8.42 Å². The molecule has 4 bridgehead atoms. The zero-order chi connectivity index (χ0) is 24.2. The van der Waals surface area contributed by atoms with E-state index in [0.717, 1.165) is 51.3 Å². The van der Waals surface area contributed by atoms with Gasteiger partial charge in [-0.15, -0.1) is 0 Å². The van der Waals surface area contributed by atoms with Crippen molar-refractivity contribution >= 4 is 10.0 Å². The quantitative estimate of drug-likeness (QED) is 0.664. The van der Waals surface area contributed by atoms with Gasteiger partial charge in [-0.2, -0.15) is 0 Å². The maximum Gasteiger partial charge on any atom is 0.250 e. The van der Waals surface area contributed by atoms with Crippen LogP contribution in [0.25, 0.3) is 0 Å². The molecule has 7 rings (SSSR count). The van der Waals surface area contributed by atoms with Gasteiger partial charge in [0, 0.05) is 63.0 Å². The van der Waals surface area contributed by atoms with E-state index in [1.54, 1.807) is 18.2 Å². The molecule has 0 radical (unpaired) electrons. The van der Waals surface area contributed by atoms with E-state index < -0.39 is 10.0 Å². The average Bonchev–Trinajstić information content (AvgIpc) is 2.84. The summed E-state index contributed by atoms with van der Waals surface area (Å²) < 4.78 is 30.4. The number of nitrogens with zero attached hydrogens (tertiary/aromatic N) is 3. The van der Waals surface area contributed by atoms with Crippen molar-refractivity contribution in [2.75, 3.05) is 39.3 Å². The predicted molar refractivity (Wildman–Crippen MR) is 136 cm³/mol. The molecule has 1 aromatic heterocycles. The van der Waals surface area contributed by atoms with Gasteiger partial charge in [-0.25, -0.2) is 13.1 Å². The van der Waals surface area contributed by atoms with Crippen LogP contribution in [-0.4, -0.2) is 68.1 Å². The maximum absolute atomic E-state index is 12.8. The lowest BCUT2D eigenvalue weighted by Gasteiger charge is -2.52. The second-order valence-corrected chi connectivity index (χ2v) is 13.0. The topological polar surface area (TPSA) is 74.7 Å². The number of pyridine rings is 1. The third kappa shape index (κ3) is 4.61. The van der Waals surface area contributed by atoms with Crippen LogP contribution in [-0.2, 0) is 16.6 Å². The Hall–Kier alpha value is -2.00. The predicted octanol–water partition coefficient (Wildman–Crippen LogP) is 2.26. The average molecular weight is 497 g/mol. The van der Waals surface area contributed by atoms with Crippen LogP contribution in [0.1, 0.15) is 36.4 Å². The molecule has 0 saturated carbocycles. The third-order valence-corrected chi connectivity index (χ3v) is 10.3. The van der Waals surface area contributed by atoms with E-state index in [1.165, 1.54) is 18.5 Å². The van der Waals surface area contributed by atoms with Crippen molar-refractivity contribution in [2.24, 2.45) is 17.8 Å². The Morgan fingerprint density at radius 2 is 1.83 bits per heavy atom. The van der Waals surface area contributed by atoms with Crippen molar-refractivity contribution in [3.8, 4) is 0 Å². The lowest BCUT2D eigenvalue weighted by Crippen LogP contribution is -2.59. The van der Waals surface area contributed by atoms with Crippen LogP contribution in [0.15, 0.2) is 52.2 Å². The number of aryl methyl sites for hydroxylation is 1. The molecule has 1 N–H and O–H groups in total. The Bertz CT molecular complexity index is 1240. The molecule has 2 aromatic rings.